The topological polar surface area (TPSA) is 72.9 Å². The first-order valence-corrected chi connectivity index (χ1v) is 7.05. The Morgan fingerprint density at radius 1 is 1.24 bits per heavy atom. The molecule has 0 spiro atoms. The lowest BCUT2D eigenvalue weighted by atomic mass is 10.1. The average Bonchev–Trinajstić information content (AvgIpc) is 2.48. The van der Waals surface area contributed by atoms with Crippen LogP contribution in [0.3, 0.4) is 0 Å². The first-order valence-electron chi connectivity index (χ1n) is 7.05. The summed E-state index contributed by atoms with van der Waals surface area (Å²) in [6.45, 7) is 4.23. The van der Waals surface area contributed by atoms with Crippen molar-refractivity contribution < 1.29 is 14.7 Å². The standard InChI is InChI=1S/C15H21N3O3/c1-17(11-14(19)18-8-6-16-7-9-18)10-12-2-4-13(5-3-12)15(20)21/h2-5,16H,6-11H2,1H3,(H,20,21). The fourth-order valence-corrected chi connectivity index (χ4v) is 2.37. The molecule has 0 atom stereocenters. The van der Waals surface area contributed by atoms with Crippen LogP contribution in [0.1, 0.15) is 15.9 Å². The molecule has 1 heterocycles. The van der Waals surface area contributed by atoms with E-state index < -0.39 is 5.97 Å². The molecule has 6 nitrogen and oxygen atoms in total. The van der Waals surface area contributed by atoms with Crippen LogP contribution in [0.2, 0.25) is 0 Å². The highest BCUT2D eigenvalue weighted by Gasteiger charge is 2.17. The predicted molar refractivity (Wildman–Crippen MR) is 79.2 cm³/mol. The Morgan fingerprint density at radius 3 is 2.43 bits per heavy atom. The Kier molecular flexibility index (Phi) is 5.30. The van der Waals surface area contributed by atoms with Crippen LogP contribution in [0.15, 0.2) is 24.3 Å². The lowest BCUT2D eigenvalue weighted by Crippen LogP contribution is -2.49. The number of nitrogens with zero attached hydrogens (tertiary/aromatic N) is 2. The fraction of sp³-hybridized carbons (Fsp3) is 0.467. The lowest BCUT2D eigenvalue weighted by molar-refractivity contribution is -0.132. The van der Waals surface area contributed by atoms with Crippen LogP contribution < -0.4 is 5.32 Å². The van der Waals surface area contributed by atoms with Crippen molar-refractivity contribution >= 4 is 11.9 Å². The minimum absolute atomic E-state index is 0.140. The molecule has 0 unspecified atom stereocenters. The molecule has 2 N–H and O–H groups in total. The van der Waals surface area contributed by atoms with E-state index in [0.717, 1.165) is 31.7 Å². The second-order valence-electron chi connectivity index (χ2n) is 5.31. The summed E-state index contributed by atoms with van der Waals surface area (Å²) in [5.41, 5.74) is 1.27. The van der Waals surface area contributed by atoms with Gasteiger partial charge in [0.15, 0.2) is 0 Å². The number of carbonyl (C=O) groups is 2. The summed E-state index contributed by atoms with van der Waals surface area (Å²) < 4.78 is 0. The van der Waals surface area contributed by atoms with E-state index in [4.69, 9.17) is 5.11 Å². The number of hydrogen-bond donors (Lipinski definition) is 2. The largest absolute Gasteiger partial charge is 0.478 e. The van der Waals surface area contributed by atoms with E-state index in [1.54, 1.807) is 24.3 Å². The molecule has 0 saturated carbocycles. The van der Waals surface area contributed by atoms with Crippen LogP contribution in [0.25, 0.3) is 0 Å². The van der Waals surface area contributed by atoms with Gasteiger partial charge in [0, 0.05) is 32.7 Å². The molecule has 0 bridgehead atoms. The highest BCUT2D eigenvalue weighted by Crippen LogP contribution is 2.07. The van der Waals surface area contributed by atoms with Gasteiger partial charge >= 0.3 is 5.97 Å². The zero-order valence-electron chi connectivity index (χ0n) is 12.2. The van der Waals surface area contributed by atoms with E-state index in [1.165, 1.54) is 0 Å². The van der Waals surface area contributed by atoms with E-state index in [1.807, 2.05) is 16.8 Å². The van der Waals surface area contributed by atoms with Crippen LogP contribution in [0.4, 0.5) is 0 Å². The average molecular weight is 291 g/mol. The summed E-state index contributed by atoms with van der Waals surface area (Å²) in [7, 11) is 1.89. The number of piperazine rings is 1. The SMILES string of the molecule is CN(CC(=O)N1CCNCC1)Cc1ccc(C(=O)O)cc1. The highest BCUT2D eigenvalue weighted by atomic mass is 16.4. The smallest absolute Gasteiger partial charge is 0.335 e. The summed E-state index contributed by atoms with van der Waals surface area (Å²) in [6.07, 6.45) is 0. The first-order chi connectivity index (χ1) is 10.1. The zero-order valence-corrected chi connectivity index (χ0v) is 12.2. The molecule has 1 aromatic carbocycles. The molecular formula is C15H21N3O3. The van der Waals surface area contributed by atoms with Gasteiger partial charge in [-0.3, -0.25) is 9.69 Å². The number of aromatic carboxylic acids is 1. The molecule has 1 amide bonds. The van der Waals surface area contributed by atoms with Crippen molar-refractivity contribution in [3.63, 3.8) is 0 Å². The van der Waals surface area contributed by atoms with Crippen molar-refractivity contribution in [3.8, 4) is 0 Å². The Balaban J connectivity index is 1.84. The van der Waals surface area contributed by atoms with Gasteiger partial charge in [-0.25, -0.2) is 4.79 Å². The molecular weight excluding hydrogens is 270 g/mol. The Hall–Kier alpha value is -1.92. The monoisotopic (exact) mass is 291 g/mol. The summed E-state index contributed by atoms with van der Waals surface area (Å²) in [6, 6.07) is 6.75. The van der Waals surface area contributed by atoms with Crippen molar-refractivity contribution in [1.82, 2.24) is 15.1 Å². The first kappa shape index (κ1) is 15.5. The van der Waals surface area contributed by atoms with Crippen LogP contribution in [0, 0.1) is 0 Å². The third kappa shape index (κ3) is 4.54. The minimum atomic E-state index is -0.927. The summed E-state index contributed by atoms with van der Waals surface area (Å²) in [4.78, 5) is 26.7. The third-order valence-corrected chi connectivity index (χ3v) is 3.53. The molecule has 21 heavy (non-hydrogen) atoms. The predicted octanol–water partition coefficient (Wildman–Crippen LogP) is 0.248. The van der Waals surface area contributed by atoms with Gasteiger partial charge in [-0.2, -0.15) is 0 Å². The maximum atomic E-state index is 12.1. The number of hydrogen-bond acceptors (Lipinski definition) is 4. The van der Waals surface area contributed by atoms with E-state index >= 15 is 0 Å². The van der Waals surface area contributed by atoms with Gasteiger partial charge in [0.1, 0.15) is 0 Å². The number of amides is 1. The van der Waals surface area contributed by atoms with Gasteiger partial charge in [0.25, 0.3) is 0 Å². The normalized spacial score (nSPS) is 15.2. The second-order valence-corrected chi connectivity index (χ2v) is 5.31. The van der Waals surface area contributed by atoms with Crippen LogP contribution in [-0.4, -0.2) is 66.6 Å². The number of carbonyl (C=O) groups excluding carboxylic acids is 1. The van der Waals surface area contributed by atoms with Gasteiger partial charge in [-0.15, -0.1) is 0 Å². The van der Waals surface area contributed by atoms with Crippen molar-refractivity contribution in [2.75, 3.05) is 39.8 Å². The van der Waals surface area contributed by atoms with Crippen LogP contribution in [-0.2, 0) is 11.3 Å². The quantitative estimate of drug-likeness (QED) is 0.813. The molecule has 0 aliphatic carbocycles. The fourth-order valence-electron chi connectivity index (χ4n) is 2.37. The zero-order chi connectivity index (χ0) is 15.2. The molecule has 1 aromatic rings. The summed E-state index contributed by atoms with van der Waals surface area (Å²) >= 11 is 0. The number of carboxylic acid groups (broad SMARTS) is 1. The number of likely N-dealkylation sites (N-methyl/N-ethyl adjacent to an activating group) is 1. The Bertz CT molecular complexity index is 495. The van der Waals surface area contributed by atoms with Crippen LogP contribution >= 0.6 is 0 Å². The number of nitrogens with one attached hydrogen (secondary N) is 1. The van der Waals surface area contributed by atoms with Gasteiger partial charge < -0.3 is 15.3 Å². The van der Waals surface area contributed by atoms with Crippen molar-refractivity contribution in [3.05, 3.63) is 35.4 Å². The third-order valence-electron chi connectivity index (χ3n) is 3.53. The summed E-state index contributed by atoms with van der Waals surface area (Å²) in [5, 5.41) is 12.1. The van der Waals surface area contributed by atoms with E-state index in [-0.39, 0.29) is 11.5 Å². The number of benzene rings is 1. The van der Waals surface area contributed by atoms with E-state index in [0.29, 0.717) is 13.1 Å². The van der Waals surface area contributed by atoms with E-state index in [2.05, 4.69) is 5.32 Å². The maximum Gasteiger partial charge on any atom is 0.335 e. The highest BCUT2D eigenvalue weighted by molar-refractivity contribution is 5.87. The van der Waals surface area contributed by atoms with E-state index in [9.17, 15) is 9.59 Å². The summed E-state index contributed by atoms with van der Waals surface area (Å²) in [5.74, 6) is -0.787. The van der Waals surface area contributed by atoms with Crippen molar-refractivity contribution in [2.45, 2.75) is 6.54 Å². The minimum Gasteiger partial charge on any atom is -0.478 e. The molecule has 1 fully saturated rings. The van der Waals surface area contributed by atoms with Gasteiger partial charge in [-0.1, -0.05) is 12.1 Å². The molecule has 114 valence electrons. The molecule has 6 heteroatoms. The van der Waals surface area contributed by atoms with Crippen molar-refractivity contribution in [2.24, 2.45) is 0 Å². The molecule has 1 saturated heterocycles. The molecule has 0 radical (unpaired) electrons. The second kappa shape index (κ2) is 7.19. The number of carboxylic acids is 1. The van der Waals surface area contributed by atoms with Gasteiger partial charge in [-0.05, 0) is 24.7 Å². The molecule has 1 aliphatic rings. The van der Waals surface area contributed by atoms with Gasteiger partial charge in [0.05, 0.1) is 12.1 Å². The molecule has 0 aromatic heterocycles. The maximum absolute atomic E-state index is 12.1. The number of rotatable bonds is 5. The Labute approximate surface area is 124 Å². The molecule has 1 aliphatic heterocycles. The van der Waals surface area contributed by atoms with Crippen molar-refractivity contribution in [1.29, 1.82) is 0 Å². The lowest BCUT2D eigenvalue weighted by Gasteiger charge is -2.29. The van der Waals surface area contributed by atoms with Crippen LogP contribution in [0.5, 0.6) is 0 Å². The van der Waals surface area contributed by atoms with Gasteiger partial charge in [0.2, 0.25) is 5.91 Å². The molecule has 2 rings (SSSR count). The Morgan fingerprint density at radius 2 is 1.86 bits per heavy atom.